The highest BCUT2D eigenvalue weighted by Gasteiger charge is 2.32. The molecule has 2 atom stereocenters. The van der Waals surface area contributed by atoms with Gasteiger partial charge in [0, 0.05) is 30.9 Å². The van der Waals surface area contributed by atoms with Crippen molar-refractivity contribution in [1.82, 2.24) is 15.5 Å². The Bertz CT molecular complexity index is 739. The zero-order chi connectivity index (χ0) is 19.4. The third-order valence-electron chi connectivity index (χ3n) is 5.63. The largest absolute Gasteiger partial charge is 0.397 e. The Morgan fingerprint density at radius 1 is 1.33 bits per heavy atom. The van der Waals surface area contributed by atoms with Gasteiger partial charge in [0.15, 0.2) is 0 Å². The fourth-order valence-electron chi connectivity index (χ4n) is 3.95. The molecule has 5 nitrogen and oxygen atoms in total. The van der Waals surface area contributed by atoms with Crippen molar-refractivity contribution in [2.75, 3.05) is 7.05 Å². The number of halogens is 1. The molecule has 2 aliphatic rings. The van der Waals surface area contributed by atoms with E-state index in [2.05, 4.69) is 17.6 Å². The summed E-state index contributed by atoms with van der Waals surface area (Å²) in [6, 6.07) is 7.35. The summed E-state index contributed by atoms with van der Waals surface area (Å²) in [4.78, 5) is 14.9. The van der Waals surface area contributed by atoms with Crippen molar-refractivity contribution in [3.8, 4) is 0 Å². The first-order valence-corrected chi connectivity index (χ1v) is 10.0. The maximum atomic E-state index is 13.0. The Hall–Kier alpha value is -2.14. The summed E-state index contributed by atoms with van der Waals surface area (Å²) < 4.78 is 0. The summed E-state index contributed by atoms with van der Waals surface area (Å²) in [6.07, 6.45) is 8.73. The summed E-state index contributed by atoms with van der Waals surface area (Å²) >= 11 is 6.20. The lowest BCUT2D eigenvalue weighted by Crippen LogP contribution is -2.51. The molecule has 1 saturated carbocycles. The summed E-state index contributed by atoms with van der Waals surface area (Å²) in [7, 11) is 1.89. The van der Waals surface area contributed by atoms with Crippen molar-refractivity contribution < 1.29 is 4.79 Å². The highest BCUT2D eigenvalue weighted by molar-refractivity contribution is 6.31. The number of allylic oxidation sites excluding steroid dienone is 1. The molecule has 0 aromatic heterocycles. The number of carbonyl (C=O) groups excluding carboxylic acids is 1. The van der Waals surface area contributed by atoms with E-state index >= 15 is 0 Å². The number of hydrogen-bond acceptors (Lipinski definition) is 4. The van der Waals surface area contributed by atoms with Crippen molar-refractivity contribution in [2.45, 2.75) is 51.2 Å². The van der Waals surface area contributed by atoms with Crippen molar-refractivity contribution in [3.63, 3.8) is 0 Å². The van der Waals surface area contributed by atoms with Gasteiger partial charge in [0.2, 0.25) is 5.91 Å². The van der Waals surface area contributed by atoms with Crippen molar-refractivity contribution in [2.24, 2.45) is 11.7 Å². The number of likely N-dealkylation sites (N-methyl/N-ethyl adjacent to an activating group) is 1. The highest BCUT2D eigenvalue weighted by atomic mass is 35.5. The average Bonchev–Trinajstić information content (AvgIpc) is 3.19. The summed E-state index contributed by atoms with van der Waals surface area (Å²) in [5.74, 6) is 0.541. The molecule has 1 amide bonds. The van der Waals surface area contributed by atoms with Gasteiger partial charge >= 0.3 is 0 Å². The second kappa shape index (κ2) is 8.70. The summed E-state index contributed by atoms with van der Waals surface area (Å²) in [5.41, 5.74) is 8.56. The van der Waals surface area contributed by atoms with E-state index in [0.29, 0.717) is 29.2 Å². The van der Waals surface area contributed by atoms with Crippen LogP contribution in [0, 0.1) is 5.92 Å². The van der Waals surface area contributed by atoms with Gasteiger partial charge in [-0.15, -0.1) is 0 Å². The van der Waals surface area contributed by atoms with Crippen LogP contribution in [0.1, 0.15) is 38.2 Å². The Labute approximate surface area is 166 Å². The molecule has 1 aromatic carbocycles. The Kier molecular flexibility index (Phi) is 6.32. The van der Waals surface area contributed by atoms with Crippen molar-refractivity contribution in [1.29, 1.82) is 0 Å². The number of carbonyl (C=O) groups is 1. The van der Waals surface area contributed by atoms with E-state index in [0.717, 1.165) is 11.3 Å². The smallest absolute Gasteiger partial charge is 0.249 e. The second-order valence-electron chi connectivity index (χ2n) is 7.54. The Balaban J connectivity index is 1.71. The molecule has 6 heteroatoms. The molecular formula is C21H29ClN4O. The minimum atomic E-state index is -0.471. The molecule has 1 aliphatic heterocycles. The average molecular weight is 389 g/mol. The maximum Gasteiger partial charge on any atom is 0.249 e. The van der Waals surface area contributed by atoms with Gasteiger partial charge in [-0.25, -0.2) is 0 Å². The minimum absolute atomic E-state index is 0.0918. The fourth-order valence-corrected chi connectivity index (χ4v) is 4.16. The number of benzene rings is 1. The lowest BCUT2D eigenvalue weighted by molar-refractivity contribution is -0.124. The third kappa shape index (κ3) is 4.59. The number of amides is 1. The molecule has 1 aliphatic carbocycles. The van der Waals surface area contributed by atoms with Crippen LogP contribution in [0.5, 0.6) is 0 Å². The fraction of sp³-hybridized carbons (Fsp3) is 0.476. The molecular weight excluding hydrogens is 360 g/mol. The van der Waals surface area contributed by atoms with Crippen molar-refractivity contribution in [3.05, 3.63) is 58.5 Å². The quantitative estimate of drug-likeness (QED) is 0.700. The van der Waals surface area contributed by atoms with Gasteiger partial charge in [-0.2, -0.15) is 0 Å². The molecule has 1 fully saturated rings. The van der Waals surface area contributed by atoms with Crippen LogP contribution < -0.4 is 16.4 Å². The van der Waals surface area contributed by atoms with Gasteiger partial charge in [0.1, 0.15) is 6.04 Å². The molecule has 0 saturated heterocycles. The van der Waals surface area contributed by atoms with Crippen LogP contribution >= 0.6 is 11.6 Å². The lowest BCUT2D eigenvalue weighted by Gasteiger charge is -2.35. The van der Waals surface area contributed by atoms with Crippen LogP contribution in [0.3, 0.4) is 0 Å². The van der Waals surface area contributed by atoms with Crippen LogP contribution in [0.15, 0.2) is 47.9 Å². The first kappa shape index (κ1) is 19.6. The van der Waals surface area contributed by atoms with E-state index < -0.39 is 6.04 Å². The first-order chi connectivity index (χ1) is 13.0. The molecule has 146 valence electrons. The topological polar surface area (TPSA) is 70.4 Å². The van der Waals surface area contributed by atoms with Gasteiger partial charge < -0.3 is 21.3 Å². The van der Waals surface area contributed by atoms with Gasteiger partial charge in [-0.05, 0) is 43.4 Å². The van der Waals surface area contributed by atoms with Gasteiger partial charge in [0.05, 0.1) is 11.4 Å². The Morgan fingerprint density at radius 3 is 2.74 bits per heavy atom. The van der Waals surface area contributed by atoms with Crippen LogP contribution in [0.2, 0.25) is 5.02 Å². The van der Waals surface area contributed by atoms with Gasteiger partial charge in [-0.1, -0.05) is 42.6 Å². The van der Waals surface area contributed by atoms with E-state index in [-0.39, 0.29) is 5.91 Å². The third-order valence-corrected chi connectivity index (χ3v) is 6.00. The lowest BCUT2D eigenvalue weighted by atomic mass is 9.97. The highest BCUT2D eigenvalue weighted by Crippen LogP contribution is 2.29. The molecule has 3 rings (SSSR count). The van der Waals surface area contributed by atoms with Crippen LogP contribution in [0.25, 0.3) is 0 Å². The van der Waals surface area contributed by atoms with Crippen LogP contribution in [-0.4, -0.2) is 29.9 Å². The van der Waals surface area contributed by atoms with Gasteiger partial charge in [0.25, 0.3) is 0 Å². The van der Waals surface area contributed by atoms with E-state index in [1.807, 2.05) is 48.5 Å². The van der Waals surface area contributed by atoms with E-state index in [9.17, 15) is 4.79 Å². The molecule has 27 heavy (non-hydrogen) atoms. The van der Waals surface area contributed by atoms with E-state index in [1.165, 1.54) is 25.7 Å². The van der Waals surface area contributed by atoms with E-state index in [1.54, 1.807) is 0 Å². The molecule has 1 heterocycles. The van der Waals surface area contributed by atoms with Crippen molar-refractivity contribution >= 4 is 17.5 Å². The summed E-state index contributed by atoms with van der Waals surface area (Å²) in [6.45, 7) is 2.57. The zero-order valence-corrected chi connectivity index (χ0v) is 16.8. The monoisotopic (exact) mass is 388 g/mol. The number of nitrogens with two attached hydrogens (primary N) is 1. The normalized spacial score (nSPS) is 21.4. The molecule has 4 N–H and O–H groups in total. The minimum Gasteiger partial charge on any atom is -0.397 e. The van der Waals surface area contributed by atoms with Gasteiger partial charge in [-0.3, -0.25) is 4.79 Å². The van der Waals surface area contributed by atoms with Crippen LogP contribution in [0.4, 0.5) is 0 Å². The second-order valence-corrected chi connectivity index (χ2v) is 7.95. The maximum absolute atomic E-state index is 13.0. The Morgan fingerprint density at radius 2 is 2.04 bits per heavy atom. The molecule has 1 aromatic rings. The predicted molar refractivity (Wildman–Crippen MR) is 110 cm³/mol. The molecule has 0 spiro atoms. The first-order valence-electron chi connectivity index (χ1n) is 9.65. The molecule has 0 bridgehead atoms. The summed E-state index contributed by atoms with van der Waals surface area (Å²) in [5, 5.41) is 7.21. The molecule has 0 radical (unpaired) electrons. The van der Waals surface area contributed by atoms with Crippen LogP contribution in [-0.2, 0) is 11.3 Å². The predicted octanol–water partition coefficient (Wildman–Crippen LogP) is 3.12. The number of hydrogen-bond donors (Lipinski definition) is 3. The number of nitrogens with one attached hydrogen (secondary N) is 2. The number of nitrogens with zero attached hydrogens (tertiary/aromatic N) is 1. The number of rotatable bonds is 6. The standard InChI is InChI=1S/C21H29ClN4O/c1-14(15-7-3-4-8-15)25-19-18(23)11-12-26(2)20(19)21(27)24-13-16-9-5-6-10-17(16)22/h5-6,9-12,14-15,20,25H,3-4,7-8,13,23H2,1-2H3,(H,24,27). The SMILES string of the molecule is CC(NC1=C(N)C=CN(C)C1C(=O)NCc1ccccc1Cl)C1CCCC1. The van der Waals surface area contributed by atoms with E-state index in [4.69, 9.17) is 17.3 Å². The zero-order valence-electron chi connectivity index (χ0n) is 16.0. The molecule has 2 unspecified atom stereocenters.